The van der Waals surface area contributed by atoms with Crippen LogP contribution in [0, 0.1) is 0 Å². The Morgan fingerprint density at radius 2 is 0.430 bits per heavy atom. The Kier molecular flexibility index (Phi) is 18.3. The minimum absolute atomic E-state index is 0.102. The normalized spacial score (nSPS) is 38.4. The summed E-state index contributed by atoms with van der Waals surface area (Å²) in [6.07, 6.45) is -28.2. The van der Waals surface area contributed by atoms with Crippen LogP contribution in [0.5, 0.6) is 0 Å². The largest absolute Gasteiger partial charge is 0.511 e. The van der Waals surface area contributed by atoms with Crippen LogP contribution in [0.1, 0.15) is 27.7 Å². The van der Waals surface area contributed by atoms with Crippen LogP contribution in [0.25, 0.3) is 0 Å². The van der Waals surface area contributed by atoms with Gasteiger partial charge in [0.1, 0.15) is 57.5 Å². The number of halogens is 3. The van der Waals surface area contributed by atoms with Crippen molar-refractivity contribution in [2.75, 3.05) is 33.0 Å². The Balaban J connectivity index is 0.000000137. The zero-order valence-electron chi connectivity index (χ0n) is 40.3. The van der Waals surface area contributed by atoms with Gasteiger partial charge in [-0.25, -0.2) is 57.5 Å². The number of ether oxygens (including phenoxy) is 24. The molecule has 39 heteroatoms. The molecule has 79 heavy (non-hydrogen) atoms. The van der Waals surface area contributed by atoms with E-state index in [-0.39, 0.29) is 33.0 Å². The highest BCUT2D eigenvalue weighted by Gasteiger charge is 2.54. The summed E-state index contributed by atoms with van der Waals surface area (Å²) in [6, 6.07) is 0. The van der Waals surface area contributed by atoms with Crippen molar-refractivity contribution in [3.05, 3.63) is 0 Å². The minimum atomic E-state index is -2.17. The van der Waals surface area contributed by atoms with Crippen LogP contribution in [-0.4, -0.2) is 224 Å². The third kappa shape index (κ3) is 15.0. The van der Waals surface area contributed by atoms with Gasteiger partial charge >= 0.3 is 73.9 Å². The molecule has 0 amide bonds. The molecule has 0 radical (unpaired) electrons. The van der Waals surface area contributed by atoms with Crippen LogP contribution in [0.2, 0.25) is 0 Å². The van der Waals surface area contributed by atoms with Gasteiger partial charge in [-0.15, -0.1) is 0 Å². The van der Waals surface area contributed by atoms with Gasteiger partial charge in [-0.2, -0.15) is 13.2 Å². The summed E-state index contributed by atoms with van der Waals surface area (Å²) in [6.45, 7) is 6.97. The van der Waals surface area contributed by atoms with E-state index in [0.717, 1.165) is 0 Å². The molecule has 12 aliphatic heterocycles. The third-order valence-electron chi connectivity index (χ3n) is 11.2. The van der Waals surface area contributed by atoms with Gasteiger partial charge in [0.2, 0.25) is 18.3 Å². The molecule has 12 heterocycles. The Labute approximate surface area is 435 Å². The van der Waals surface area contributed by atoms with Crippen LogP contribution >= 0.6 is 0 Å². The Bertz CT molecular complexity index is 2090. The molecule has 12 aliphatic rings. The molecule has 0 bridgehead atoms. The molecular formula is C40H41F3O36. The number of carbonyl (C=O) groups is 12. The molecule has 0 N–H and O–H groups in total. The molecule has 0 aromatic carbocycles. The maximum Gasteiger partial charge on any atom is 0.511 e. The Morgan fingerprint density at radius 1 is 0.228 bits per heavy atom. The second-order valence-corrected chi connectivity index (χ2v) is 16.6. The number of alkyl halides is 3. The summed E-state index contributed by atoms with van der Waals surface area (Å²) >= 11 is 0. The highest BCUT2D eigenvalue weighted by atomic mass is 19.2. The molecule has 0 aromatic rings. The van der Waals surface area contributed by atoms with Gasteiger partial charge in [-0.3, -0.25) is 0 Å². The summed E-state index contributed by atoms with van der Waals surface area (Å²) < 4.78 is 147. The van der Waals surface area contributed by atoms with E-state index in [9.17, 15) is 70.7 Å². The highest BCUT2D eigenvalue weighted by Crippen LogP contribution is 2.31. The molecular weight excluding hydrogens is 1110 g/mol. The molecule has 0 aromatic heterocycles. The maximum atomic E-state index is 12.8. The van der Waals surface area contributed by atoms with E-state index in [2.05, 4.69) is 66.3 Å². The van der Waals surface area contributed by atoms with Crippen LogP contribution < -0.4 is 0 Å². The van der Waals surface area contributed by atoms with Gasteiger partial charge in [0.15, 0.2) is 54.9 Å². The lowest BCUT2D eigenvalue weighted by Crippen LogP contribution is -2.39. The molecule has 0 aliphatic carbocycles. The van der Waals surface area contributed by atoms with Gasteiger partial charge in [0.05, 0.1) is 0 Å². The van der Waals surface area contributed by atoms with E-state index < -0.39 is 191 Å². The maximum absolute atomic E-state index is 12.8. The van der Waals surface area contributed by atoms with Crippen molar-refractivity contribution >= 4 is 73.9 Å². The van der Waals surface area contributed by atoms with Crippen molar-refractivity contribution in [2.45, 2.75) is 144 Å². The zero-order valence-corrected chi connectivity index (χ0v) is 40.3. The number of hydrogen-bond donors (Lipinski definition) is 0. The van der Waals surface area contributed by atoms with Crippen molar-refractivity contribution in [2.24, 2.45) is 0 Å². The van der Waals surface area contributed by atoms with Crippen LogP contribution in [0.15, 0.2) is 0 Å². The predicted octanol–water partition coefficient (Wildman–Crippen LogP) is 2.78. The first-order valence-electron chi connectivity index (χ1n) is 22.6. The monoisotopic (exact) mass is 1150 g/mol. The van der Waals surface area contributed by atoms with E-state index in [1.54, 1.807) is 27.7 Å². The Morgan fingerprint density at radius 3 is 0.633 bits per heavy atom. The number of carbonyl (C=O) groups excluding carboxylic acids is 12. The quantitative estimate of drug-likeness (QED) is 0.272. The number of rotatable bonds is 6. The van der Waals surface area contributed by atoms with Gasteiger partial charge in [0.25, 0.3) is 19.1 Å². The molecule has 0 saturated carbocycles. The van der Waals surface area contributed by atoms with Gasteiger partial charge in [-0.05, 0) is 27.7 Å². The Hall–Kier alpha value is -8.97. The summed E-state index contributed by atoms with van der Waals surface area (Å²) in [5.74, 6) is 0. The summed E-state index contributed by atoms with van der Waals surface area (Å²) in [5.41, 5.74) is 0. The topological polar surface area (TPSA) is 426 Å². The van der Waals surface area contributed by atoms with Crippen molar-refractivity contribution < 1.29 is 184 Å². The smallest absolute Gasteiger partial charge is 0.430 e. The number of hydrogen-bond acceptors (Lipinski definition) is 36. The molecule has 0 spiro atoms. The summed E-state index contributed by atoms with van der Waals surface area (Å²) in [4.78, 5) is 127. The molecule has 19 unspecified atom stereocenters. The van der Waals surface area contributed by atoms with E-state index in [1.165, 1.54) is 0 Å². The average Bonchev–Trinajstić information content (AvgIpc) is 4.19. The van der Waals surface area contributed by atoms with Gasteiger partial charge in [-0.1, -0.05) is 0 Å². The van der Waals surface area contributed by atoms with Crippen LogP contribution in [0.4, 0.5) is 70.7 Å². The van der Waals surface area contributed by atoms with E-state index in [1.807, 2.05) is 0 Å². The second-order valence-electron chi connectivity index (χ2n) is 16.6. The lowest BCUT2D eigenvalue weighted by molar-refractivity contribution is -0.0659. The number of cyclic esters (lactones) is 24. The van der Waals surface area contributed by atoms with Gasteiger partial charge < -0.3 is 114 Å². The van der Waals surface area contributed by atoms with Crippen LogP contribution in [-0.2, 0) is 114 Å². The third-order valence-corrected chi connectivity index (χ3v) is 11.2. The average molecular weight is 1150 g/mol. The molecule has 12 saturated heterocycles. The molecule has 438 valence electrons. The first kappa shape index (κ1) is 57.7. The van der Waals surface area contributed by atoms with Crippen molar-refractivity contribution in [3.63, 3.8) is 0 Å². The van der Waals surface area contributed by atoms with E-state index >= 15 is 0 Å². The van der Waals surface area contributed by atoms with Crippen molar-refractivity contribution in [1.29, 1.82) is 0 Å². The summed E-state index contributed by atoms with van der Waals surface area (Å²) in [5, 5.41) is 0. The fourth-order valence-electron chi connectivity index (χ4n) is 7.53. The van der Waals surface area contributed by atoms with Gasteiger partial charge in [0, 0.05) is 0 Å². The molecule has 12 fully saturated rings. The van der Waals surface area contributed by atoms with Crippen molar-refractivity contribution in [1.82, 2.24) is 0 Å². The lowest BCUT2D eigenvalue weighted by atomic mass is 10.1. The zero-order chi connectivity index (χ0) is 57.4. The van der Waals surface area contributed by atoms with E-state index in [0.29, 0.717) is 0 Å². The highest BCUT2D eigenvalue weighted by molar-refractivity contribution is 5.68. The fraction of sp³-hybridized carbons (Fsp3) is 0.700. The standard InChI is InChI=1S/C8H10O6.2C7H8O6.C6H4F2O6.C6H5FO6.C6H6O6/c1-3-5(13-7(9)11-3)6-4(2)12-8(10)14-6;2*1-3-5(13-7(9)11-3)4-2-10-6(8)12-4;7-3-1(11-5(9)13-3)2-4(8)14-6(10)12-2;7-4-3(12-6(9)13-4)2-1-10-5(8)11-2;7-5-9-1-3(11-5)4-2-10-6(8)12-4/h3-6H,1-2H3;2*3-5H,2H2,1H3;1-4H;2-4H,1H2;3-4H,1-2H2. The van der Waals surface area contributed by atoms with E-state index in [4.69, 9.17) is 47.4 Å². The predicted molar refractivity (Wildman–Crippen MR) is 213 cm³/mol. The SMILES string of the molecule is CC1OC(=O)OC1C1COC(=O)O1.CC1OC(=O)OC1C1COC(=O)O1.CC1OC(=O)OC1C1OC(=O)OC1C.O=C1OC(F)C(C2OC(=O)OC2F)O1.O=C1OCC(C2COC(=O)O2)O1.O=C1OCC(C2OC(=O)OC2F)O1. The molecule has 19 atom stereocenters. The molecule has 36 nitrogen and oxygen atoms in total. The lowest BCUT2D eigenvalue weighted by Gasteiger charge is -2.18. The van der Waals surface area contributed by atoms with Crippen LogP contribution in [0.3, 0.4) is 0 Å². The molecule has 12 rings (SSSR count). The first-order chi connectivity index (χ1) is 37.4. The first-order valence-corrected chi connectivity index (χ1v) is 22.6. The fourth-order valence-corrected chi connectivity index (χ4v) is 7.53. The second kappa shape index (κ2) is 25.0. The minimum Gasteiger partial charge on any atom is -0.430 e. The summed E-state index contributed by atoms with van der Waals surface area (Å²) in [7, 11) is 0. The van der Waals surface area contributed by atoms with Crippen molar-refractivity contribution in [3.8, 4) is 0 Å².